The van der Waals surface area contributed by atoms with Gasteiger partial charge in [0.25, 0.3) is 0 Å². The fourth-order valence-electron chi connectivity index (χ4n) is 2.64. The number of benzene rings is 2. The lowest BCUT2D eigenvalue weighted by Gasteiger charge is -2.21. The van der Waals surface area contributed by atoms with Gasteiger partial charge >= 0.3 is 0 Å². The van der Waals surface area contributed by atoms with E-state index in [1.807, 2.05) is 24.3 Å². The van der Waals surface area contributed by atoms with E-state index in [0.29, 0.717) is 13.1 Å². The average Bonchev–Trinajstić information content (AvgIpc) is 2.60. The van der Waals surface area contributed by atoms with E-state index in [9.17, 15) is 13.2 Å². The van der Waals surface area contributed by atoms with Gasteiger partial charge < -0.3 is 5.32 Å². The summed E-state index contributed by atoms with van der Waals surface area (Å²) in [6.07, 6.45) is 0. The lowest BCUT2D eigenvalue weighted by atomic mass is 9.87. The van der Waals surface area contributed by atoms with Gasteiger partial charge in [-0.3, -0.25) is 4.79 Å². The highest BCUT2D eigenvalue weighted by atomic mass is 32.2. The van der Waals surface area contributed by atoms with Crippen molar-refractivity contribution in [2.45, 2.75) is 51.1 Å². The zero-order valence-electron chi connectivity index (χ0n) is 16.6. The van der Waals surface area contributed by atoms with E-state index in [1.165, 1.54) is 16.8 Å². The van der Waals surface area contributed by atoms with Gasteiger partial charge in [0.1, 0.15) is 0 Å². The largest absolute Gasteiger partial charge is 0.352 e. The molecule has 2 aromatic carbocycles. The average molecular weight is 389 g/mol. The Labute approximate surface area is 162 Å². The Morgan fingerprint density at radius 1 is 0.963 bits per heavy atom. The van der Waals surface area contributed by atoms with Gasteiger partial charge in [-0.15, -0.1) is 0 Å². The van der Waals surface area contributed by atoms with Crippen LogP contribution in [-0.4, -0.2) is 25.7 Å². The van der Waals surface area contributed by atoms with Crippen LogP contribution < -0.4 is 5.32 Å². The lowest BCUT2D eigenvalue weighted by molar-refractivity contribution is -0.119. The molecule has 0 heterocycles. The van der Waals surface area contributed by atoms with Crippen LogP contribution >= 0.6 is 0 Å². The molecule has 0 aliphatic heterocycles. The van der Waals surface area contributed by atoms with Crippen molar-refractivity contribution >= 4 is 15.9 Å². The summed E-state index contributed by atoms with van der Waals surface area (Å²) in [5, 5.41) is 2.69. The zero-order valence-corrected chi connectivity index (χ0v) is 17.4. The highest BCUT2D eigenvalue weighted by Crippen LogP contribution is 2.23. The molecule has 0 saturated carbocycles. The molecule has 1 N–H and O–H groups in total. The molecule has 0 radical (unpaired) electrons. The van der Waals surface area contributed by atoms with Gasteiger partial charge in [0.05, 0.1) is 4.90 Å². The first-order valence-electron chi connectivity index (χ1n) is 8.89. The Morgan fingerprint density at radius 3 is 1.96 bits per heavy atom. The van der Waals surface area contributed by atoms with Crippen LogP contribution in [0.2, 0.25) is 0 Å². The number of hydrogen-bond acceptors (Lipinski definition) is 3. The molecule has 0 atom stereocenters. The fourth-order valence-corrected chi connectivity index (χ4v) is 3.80. The van der Waals surface area contributed by atoms with Crippen molar-refractivity contribution in [1.82, 2.24) is 9.62 Å². The molecule has 1 amide bonds. The molecular weight excluding hydrogens is 360 g/mol. The predicted molar refractivity (Wildman–Crippen MR) is 108 cm³/mol. The molecule has 0 aliphatic carbocycles. The number of sulfonamides is 1. The zero-order chi connectivity index (χ0) is 20.2. The number of nitrogens with zero attached hydrogens (tertiary/aromatic N) is 1. The van der Waals surface area contributed by atoms with Crippen molar-refractivity contribution in [2.75, 3.05) is 7.05 Å². The van der Waals surface area contributed by atoms with Crippen LogP contribution in [0.15, 0.2) is 53.4 Å². The molecule has 0 saturated heterocycles. The van der Waals surface area contributed by atoms with Crippen molar-refractivity contribution in [1.29, 1.82) is 0 Å². The Balaban J connectivity index is 2.10. The number of hydrogen-bond donors (Lipinski definition) is 1. The van der Waals surface area contributed by atoms with E-state index in [1.54, 1.807) is 31.3 Å². The van der Waals surface area contributed by atoms with Crippen LogP contribution in [0.3, 0.4) is 0 Å². The maximum atomic E-state index is 12.8. The minimum atomic E-state index is -3.58. The lowest BCUT2D eigenvalue weighted by Crippen LogP contribution is -2.26. The number of nitrogens with one attached hydrogen (secondary N) is 1. The molecule has 146 valence electrons. The van der Waals surface area contributed by atoms with Crippen LogP contribution in [0.1, 0.15) is 44.4 Å². The minimum Gasteiger partial charge on any atom is -0.352 e. The second kappa shape index (κ2) is 8.23. The van der Waals surface area contributed by atoms with Gasteiger partial charge in [0.2, 0.25) is 15.9 Å². The number of rotatable bonds is 6. The maximum absolute atomic E-state index is 12.8. The van der Waals surface area contributed by atoms with Gasteiger partial charge in [-0.05, 0) is 34.2 Å². The van der Waals surface area contributed by atoms with Gasteiger partial charge in [-0.25, -0.2) is 8.42 Å². The molecule has 0 unspecified atom stereocenters. The summed E-state index contributed by atoms with van der Waals surface area (Å²) in [4.78, 5) is 11.2. The van der Waals surface area contributed by atoms with E-state index < -0.39 is 10.0 Å². The van der Waals surface area contributed by atoms with Crippen LogP contribution in [0.4, 0.5) is 0 Å². The summed E-state index contributed by atoms with van der Waals surface area (Å²) in [5.74, 6) is -0.121. The monoisotopic (exact) mass is 388 g/mol. The quantitative estimate of drug-likeness (QED) is 0.824. The number of carbonyl (C=O) groups is 1. The van der Waals surface area contributed by atoms with Crippen LogP contribution in [0.5, 0.6) is 0 Å². The Hall–Kier alpha value is -2.18. The van der Waals surface area contributed by atoms with Crippen LogP contribution in [0.25, 0.3) is 0 Å². The fraction of sp³-hybridized carbons (Fsp3) is 0.381. The highest BCUT2D eigenvalue weighted by Gasteiger charge is 2.21. The molecule has 2 rings (SSSR count). The van der Waals surface area contributed by atoms with E-state index in [2.05, 4.69) is 26.1 Å². The van der Waals surface area contributed by atoms with Crippen LogP contribution in [-0.2, 0) is 33.3 Å². The van der Waals surface area contributed by atoms with Gasteiger partial charge in [-0.1, -0.05) is 57.2 Å². The van der Waals surface area contributed by atoms with E-state index in [4.69, 9.17) is 0 Å². The SMILES string of the molecule is CC(=O)NCc1ccc(S(=O)(=O)N(C)Cc2ccc(C(C)(C)C)cc2)cc1. The summed E-state index contributed by atoms with van der Waals surface area (Å²) >= 11 is 0. The first kappa shape index (κ1) is 21.1. The number of amides is 1. The molecule has 0 aromatic heterocycles. The highest BCUT2D eigenvalue weighted by molar-refractivity contribution is 7.89. The summed E-state index contributed by atoms with van der Waals surface area (Å²) in [5.41, 5.74) is 3.07. The van der Waals surface area contributed by atoms with Gasteiger partial charge in [0, 0.05) is 27.1 Å². The molecule has 5 nitrogen and oxygen atoms in total. The Bertz CT molecular complexity index is 881. The number of carbonyl (C=O) groups excluding carboxylic acids is 1. The molecule has 0 aliphatic rings. The summed E-state index contributed by atoms with van der Waals surface area (Å²) < 4.78 is 26.9. The van der Waals surface area contributed by atoms with E-state index >= 15 is 0 Å². The molecular formula is C21H28N2O3S. The van der Waals surface area contributed by atoms with Gasteiger partial charge in [-0.2, -0.15) is 4.31 Å². The van der Waals surface area contributed by atoms with E-state index in [0.717, 1.165) is 11.1 Å². The summed E-state index contributed by atoms with van der Waals surface area (Å²) in [6.45, 7) is 8.57. The van der Waals surface area contributed by atoms with Crippen molar-refractivity contribution < 1.29 is 13.2 Å². The normalized spacial score (nSPS) is 12.2. The Morgan fingerprint density at radius 2 is 1.48 bits per heavy atom. The molecule has 0 fully saturated rings. The molecule has 27 heavy (non-hydrogen) atoms. The van der Waals surface area contributed by atoms with Gasteiger partial charge in [0.15, 0.2) is 0 Å². The minimum absolute atomic E-state index is 0.0650. The Kier molecular flexibility index (Phi) is 6.44. The molecule has 6 heteroatoms. The maximum Gasteiger partial charge on any atom is 0.243 e. The molecule has 0 bridgehead atoms. The molecule has 0 spiro atoms. The smallest absolute Gasteiger partial charge is 0.243 e. The third-order valence-electron chi connectivity index (χ3n) is 4.40. The first-order valence-corrected chi connectivity index (χ1v) is 10.3. The van der Waals surface area contributed by atoms with Crippen molar-refractivity contribution in [3.05, 3.63) is 65.2 Å². The summed E-state index contributed by atoms with van der Waals surface area (Å²) in [7, 11) is -2.00. The first-order chi connectivity index (χ1) is 12.5. The third-order valence-corrected chi connectivity index (χ3v) is 6.22. The van der Waals surface area contributed by atoms with E-state index in [-0.39, 0.29) is 16.2 Å². The van der Waals surface area contributed by atoms with Crippen molar-refractivity contribution in [2.24, 2.45) is 0 Å². The topological polar surface area (TPSA) is 66.5 Å². The van der Waals surface area contributed by atoms with Crippen LogP contribution in [0, 0.1) is 0 Å². The van der Waals surface area contributed by atoms with Crippen molar-refractivity contribution in [3.8, 4) is 0 Å². The third kappa shape index (κ3) is 5.65. The summed E-state index contributed by atoms with van der Waals surface area (Å²) in [6, 6.07) is 14.6. The second-order valence-corrected chi connectivity index (χ2v) is 9.81. The second-order valence-electron chi connectivity index (χ2n) is 7.76. The standard InChI is InChI=1S/C21H28N2O3S/c1-16(24)22-14-17-8-12-20(13-9-17)27(25,26)23(5)15-18-6-10-19(11-7-18)21(2,3)4/h6-13H,14-15H2,1-5H3,(H,22,24). The molecule has 2 aromatic rings. The predicted octanol–water partition coefficient (Wildman–Crippen LogP) is 3.44. The van der Waals surface area contributed by atoms with Crippen molar-refractivity contribution in [3.63, 3.8) is 0 Å².